The second-order valence-electron chi connectivity index (χ2n) is 7.12. The smallest absolute Gasteiger partial charge is 0.224 e. The van der Waals surface area contributed by atoms with Crippen molar-refractivity contribution in [2.24, 2.45) is 0 Å². The van der Waals surface area contributed by atoms with E-state index in [1.807, 2.05) is 26.8 Å². The van der Waals surface area contributed by atoms with Gasteiger partial charge in [-0.1, -0.05) is 11.6 Å². The molecule has 3 aromatic rings. The second-order valence-corrected chi connectivity index (χ2v) is 7.12. The lowest BCUT2D eigenvalue weighted by Gasteiger charge is -2.13. The summed E-state index contributed by atoms with van der Waals surface area (Å²) in [5, 5.41) is 11.4. The first-order valence-corrected chi connectivity index (χ1v) is 8.72. The van der Waals surface area contributed by atoms with Gasteiger partial charge in [0.15, 0.2) is 0 Å². The number of fused-ring (bicyclic) bond motifs is 1. The maximum Gasteiger partial charge on any atom is 0.224 e. The van der Waals surface area contributed by atoms with E-state index in [9.17, 15) is 4.79 Å². The van der Waals surface area contributed by atoms with Gasteiger partial charge in [-0.25, -0.2) is 0 Å². The van der Waals surface area contributed by atoms with Crippen LogP contribution in [0.3, 0.4) is 0 Å². The normalized spacial score (nSPS) is 12.5. The third kappa shape index (κ3) is 3.76. The van der Waals surface area contributed by atoms with Gasteiger partial charge in [0.05, 0.1) is 12.1 Å². The second kappa shape index (κ2) is 6.75. The molecule has 0 aliphatic rings. The van der Waals surface area contributed by atoms with Crippen LogP contribution in [0.4, 0.5) is 0 Å². The molecule has 0 unspecified atom stereocenters. The Morgan fingerprint density at radius 2 is 1.96 bits per heavy atom. The average molecular weight is 338 g/mol. The summed E-state index contributed by atoms with van der Waals surface area (Å²) < 4.78 is 0. The van der Waals surface area contributed by atoms with E-state index in [-0.39, 0.29) is 11.9 Å². The van der Waals surface area contributed by atoms with E-state index < -0.39 is 0 Å². The Bertz CT molecular complexity index is 919. The number of hydrogen-bond acceptors (Lipinski definition) is 2. The van der Waals surface area contributed by atoms with E-state index in [1.165, 1.54) is 11.1 Å². The number of nitrogens with one attached hydrogen (secondary N) is 3. The van der Waals surface area contributed by atoms with Crippen molar-refractivity contribution in [1.82, 2.24) is 20.5 Å². The molecule has 0 aliphatic heterocycles. The molecule has 0 spiro atoms. The van der Waals surface area contributed by atoms with Crippen LogP contribution < -0.4 is 5.32 Å². The Morgan fingerprint density at radius 3 is 2.64 bits per heavy atom. The van der Waals surface area contributed by atoms with Crippen molar-refractivity contribution in [2.75, 3.05) is 0 Å². The predicted molar refractivity (Wildman–Crippen MR) is 101 cm³/mol. The van der Waals surface area contributed by atoms with E-state index >= 15 is 0 Å². The number of H-pyrrole nitrogens is 2. The summed E-state index contributed by atoms with van der Waals surface area (Å²) in [4.78, 5) is 16.0. The number of rotatable bonds is 5. The summed E-state index contributed by atoms with van der Waals surface area (Å²) in [5.74, 6) is 0.0444. The molecule has 25 heavy (non-hydrogen) atoms. The topological polar surface area (TPSA) is 73.6 Å². The summed E-state index contributed by atoms with van der Waals surface area (Å²) in [6.07, 6.45) is 1.11. The molecular formula is C20H26N4O. The van der Waals surface area contributed by atoms with Crippen LogP contribution in [-0.4, -0.2) is 27.1 Å². The molecule has 5 heteroatoms. The van der Waals surface area contributed by atoms with Gasteiger partial charge in [-0.3, -0.25) is 9.89 Å². The Balaban J connectivity index is 1.72. The highest BCUT2D eigenvalue weighted by atomic mass is 16.1. The predicted octanol–water partition coefficient (Wildman–Crippen LogP) is 3.41. The van der Waals surface area contributed by atoms with Crippen LogP contribution in [0.25, 0.3) is 10.9 Å². The van der Waals surface area contributed by atoms with Crippen LogP contribution in [0.5, 0.6) is 0 Å². The van der Waals surface area contributed by atoms with E-state index in [1.54, 1.807) is 0 Å². The van der Waals surface area contributed by atoms with Crippen LogP contribution in [0.15, 0.2) is 18.2 Å². The number of amides is 1. The van der Waals surface area contributed by atoms with Gasteiger partial charge in [0.1, 0.15) is 0 Å². The molecule has 3 N–H and O–H groups in total. The minimum absolute atomic E-state index is 0.0444. The van der Waals surface area contributed by atoms with Crippen molar-refractivity contribution < 1.29 is 4.79 Å². The minimum atomic E-state index is 0.0444. The van der Waals surface area contributed by atoms with E-state index in [0.717, 1.165) is 40.0 Å². The molecule has 0 saturated heterocycles. The molecular weight excluding hydrogens is 312 g/mol. The fourth-order valence-corrected chi connectivity index (χ4v) is 3.49. The maximum atomic E-state index is 12.5. The summed E-state index contributed by atoms with van der Waals surface area (Å²) in [7, 11) is 0. The van der Waals surface area contributed by atoms with E-state index in [0.29, 0.717) is 6.42 Å². The highest BCUT2D eigenvalue weighted by Crippen LogP contribution is 2.26. The maximum absolute atomic E-state index is 12.5. The summed E-state index contributed by atoms with van der Waals surface area (Å²) in [6, 6.07) is 6.38. The lowest BCUT2D eigenvalue weighted by Crippen LogP contribution is -2.35. The van der Waals surface area contributed by atoms with Crippen molar-refractivity contribution in [3.63, 3.8) is 0 Å². The van der Waals surface area contributed by atoms with Gasteiger partial charge in [0.2, 0.25) is 5.91 Å². The number of aromatic nitrogens is 3. The highest BCUT2D eigenvalue weighted by molar-refractivity contribution is 5.92. The molecule has 1 aromatic carbocycles. The van der Waals surface area contributed by atoms with Gasteiger partial charge in [0, 0.05) is 34.8 Å². The first kappa shape index (κ1) is 17.3. The number of aryl methyl sites for hydroxylation is 4. The number of nitrogens with zero attached hydrogens (tertiary/aromatic N) is 1. The molecule has 0 radical (unpaired) electrons. The van der Waals surface area contributed by atoms with Crippen molar-refractivity contribution >= 4 is 16.8 Å². The Morgan fingerprint density at radius 1 is 1.20 bits per heavy atom. The van der Waals surface area contributed by atoms with Gasteiger partial charge in [0.25, 0.3) is 0 Å². The third-order valence-corrected chi connectivity index (χ3v) is 4.59. The van der Waals surface area contributed by atoms with E-state index in [2.05, 4.69) is 46.5 Å². The zero-order valence-electron chi connectivity index (χ0n) is 15.6. The van der Waals surface area contributed by atoms with Gasteiger partial charge in [-0.2, -0.15) is 5.10 Å². The number of carbonyl (C=O) groups excluding carboxylic acids is 1. The summed E-state index contributed by atoms with van der Waals surface area (Å²) in [5.41, 5.74) is 7.72. The van der Waals surface area contributed by atoms with Crippen molar-refractivity contribution in [2.45, 2.75) is 53.5 Å². The van der Waals surface area contributed by atoms with Gasteiger partial charge >= 0.3 is 0 Å². The quantitative estimate of drug-likeness (QED) is 0.667. The fourth-order valence-electron chi connectivity index (χ4n) is 3.49. The summed E-state index contributed by atoms with van der Waals surface area (Å²) >= 11 is 0. The minimum Gasteiger partial charge on any atom is -0.358 e. The Hall–Kier alpha value is -2.56. The molecule has 1 atom stereocenters. The van der Waals surface area contributed by atoms with Gasteiger partial charge in [-0.05, 0) is 57.9 Å². The number of aromatic amines is 2. The molecule has 1 amide bonds. The molecule has 0 saturated carbocycles. The molecule has 0 bridgehead atoms. The average Bonchev–Trinajstić information content (AvgIpc) is 3.04. The van der Waals surface area contributed by atoms with Crippen molar-refractivity contribution in [3.05, 3.63) is 52.0 Å². The molecule has 0 aliphatic carbocycles. The molecule has 132 valence electrons. The Labute approximate surface area is 148 Å². The zero-order valence-corrected chi connectivity index (χ0v) is 15.6. The van der Waals surface area contributed by atoms with Gasteiger partial charge < -0.3 is 10.3 Å². The zero-order chi connectivity index (χ0) is 18.1. The molecule has 2 aromatic heterocycles. The Kier molecular flexibility index (Phi) is 4.66. The molecule has 2 heterocycles. The van der Waals surface area contributed by atoms with Crippen LogP contribution in [0.1, 0.15) is 40.7 Å². The number of carbonyl (C=O) groups is 1. The third-order valence-electron chi connectivity index (χ3n) is 4.59. The van der Waals surface area contributed by atoms with Crippen LogP contribution in [-0.2, 0) is 17.6 Å². The van der Waals surface area contributed by atoms with Crippen LogP contribution in [0.2, 0.25) is 0 Å². The summed E-state index contributed by atoms with van der Waals surface area (Å²) in [6.45, 7) is 10.2. The van der Waals surface area contributed by atoms with Crippen molar-refractivity contribution in [3.8, 4) is 0 Å². The molecule has 5 nitrogen and oxygen atoms in total. The first-order chi connectivity index (χ1) is 11.8. The monoisotopic (exact) mass is 338 g/mol. The first-order valence-electron chi connectivity index (χ1n) is 8.72. The lowest BCUT2D eigenvalue weighted by atomic mass is 10.0. The highest BCUT2D eigenvalue weighted by Gasteiger charge is 2.16. The van der Waals surface area contributed by atoms with Gasteiger partial charge in [-0.15, -0.1) is 0 Å². The lowest BCUT2D eigenvalue weighted by molar-refractivity contribution is -0.121. The molecule has 0 fully saturated rings. The largest absolute Gasteiger partial charge is 0.358 e. The fraction of sp³-hybridized carbons (Fsp3) is 0.400. The number of benzene rings is 1. The van der Waals surface area contributed by atoms with E-state index in [4.69, 9.17) is 0 Å². The SMILES string of the molecule is Cc1cc(C)c2[nH]c(C)c(CC(=O)N[C@@H](C)Cc3cc(C)[nH]n3)c2c1. The standard InChI is InChI=1S/C20H26N4O/c1-11-6-12(2)20-18(7-11)17(15(5)22-20)10-19(25)21-13(3)8-16-9-14(4)23-24-16/h6-7,9,13,22H,8,10H2,1-5H3,(H,21,25)(H,23,24)/t13-/m0/s1. The number of hydrogen-bond donors (Lipinski definition) is 3. The van der Waals surface area contributed by atoms with Crippen LogP contribution in [0, 0.1) is 27.7 Å². The molecule has 3 rings (SSSR count). The van der Waals surface area contributed by atoms with Crippen molar-refractivity contribution in [1.29, 1.82) is 0 Å². The van der Waals surface area contributed by atoms with Crippen LogP contribution >= 0.6 is 0 Å².